The molecule has 0 saturated heterocycles. The van der Waals surface area contributed by atoms with Gasteiger partial charge in [-0.15, -0.1) is 0 Å². The number of nitro groups is 1. The zero-order valence-corrected chi connectivity index (χ0v) is 8.41. The van der Waals surface area contributed by atoms with Gasteiger partial charge in [0.2, 0.25) is 6.04 Å². The molecule has 0 fully saturated rings. The maximum Gasteiger partial charge on any atom is 0.317 e. The van der Waals surface area contributed by atoms with Gasteiger partial charge in [-0.3, -0.25) is 14.9 Å². The normalized spacial score (nSPS) is 14.9. The standard InChI is InChI=1S/C6H10BrNO4/c1-4(8(10)11)5(2)12-6(9)3-7/h4-5H,3H2,1-2H3. The summed E-state index contributed by atoms with van der Waals surface area (Å²) in [6, 6.07) is -0.868. The van der Waals surface area contributed by atoms with Gasteiger partial charge in [-0.1, -0.05) is 15.9 Å². The third kappa shape index (κ3) is 3.66. The quantitative estimate of drug-likeness (QED) is 0.318. The minimum atomic E-state index is -0.868. The average molecular weight is 240 g/mol. The van der Waals surface area contributed by atoms with Gasteiger partial charge in [-0.25, -0.2) is 0 Å². The van der Waals surface area contributed by atoms with E-state index in [2.05, 4.69) is 15.9 Å². The van der Waals surface area contributed by atoms with Crippen molar-refractivity contribution in [2.24, 2.45) is 0 Å². The molecule has 0 radical (unpaired) electrons. The summed E-state index contributed by atoms with van der Waals surface area (Å²) in [5.41, 5.74) is 0. The van der Waals surface area contributed by atoms with Crippen LogP contribution < -0.4 is 0 Å². The Hall–Kier alpha value is -0.650. The number of ether oxygens (including phenoxy) is 1. The van der Waals surface area contributed by atoms with Gasteiger partial charge in [0.1, 0.15) is 5.33 Å². The topological polar surface area (TPSA) is 69.4 Å². The van der Waals surface area contributed by atoms with Crippen LogP contribution in [0.5, 0.6) is 0 Å². The van der Waals surface area contributed by atoms with E-state index in [1.165, 1.54) is 13.8 Å². The molecule has 12 heavy (non-hydrogen) atoms. The third-order valence-corrected chi connectivity index (χ3v) is 1.90. The highest BCUT2D eigenvalue weighted by Gasteiger charge is 2.24. The van der Waals surface area contributed by atoms with Crippen LogP contribution in [-0.4, -0.2) is 28.4 Å². The summed E-state index contributed by atoms with van der Waals surface area (Å²) in [4.78, 5) is 20.4. The van der Waals surface area contributed by atoms with E-state index in [0.29, 0.717) is 0 Å². The zero-order chi connectivity index (χ0) is 9.72. The van der Waals surface area contributed by atoms with Crippen molar-refractivity contribution >= 4 is 21.9 Å². The summed E-state index contributed by atoms with van der Waals surface area (Å²) in [5, 5.41) is 10.3. The molecule has 0 heterocycles. The SMILES string of the molecule is CC(OC(=O)CBr)C(C)[N+](=O)[O-]. The van der Waals surface area contributed by atoms with E-state index in [1.54, 1.807) is 0 Å². The molecule has 5 nitrogen and oxygen atoms in total. The van der Waals surface area contributed by atoms with E-state index >= 15 is 0 Å². The van der Waals surface area contributed by atoms with Crippen molar-refractivity contribution in [1.29, 1.82) is 0 Å². The lowest BCUT2D eigenvalue weighted by atomic mass is 10.2. The molecule has 0 rings (SSSR count). The maximum absolute atomic E-state index is 10.7. The van der Waals surface area contributed by atoms with Gasteiger partial charge in [0.15, 0.2) is 6.10 Å². The number of hydrogen-bond acceptors (Lipinski definition) is 4. The van der Waals surface area contributed by atoms with Crippen molar-refractivity contribution in [3.8, 4) is 0 Å². The Kier molecular flexibility index (Phi) is 4.80. The second kappa shape index (κ2) is 5.08. The maximum atomic E-state index is 10.7. The van der Waals surface area contributed by atoms with E-state index in [4.69, 9.17) is 4.74 Å². The highest BCUT2D eigenvalue weighted by atomic mass is 79.9. The molecule has 0 aliphatic rings. The summed E-state index contributed by atoms with van der Waals surface area (Å²) in [5.74, 6) is -0.490. The first-order chi connectivity index (χ1) is 5.49. The molecule has 0 N–H and O–H groups in total. The minimum Gasteiger partial charge on any atom is -0.455 e. The molecule has 0 saturated carbocycles. The minimum absolute atomic E-state index is 0.0573. The number of hydrogen-bond donors (Lipinski definition) is 0. The van der Waals surface area contributed by atoms with E-state index in [1.807, 2.05) is 0 Å². The third-order valence-electron chi connectivity index (χ3n) is 1.44. The molecule has 0 aliphatic heterocycles. The highest BCUT2D eigenvalue weighted by Crippen LogP contribution is 2.02. The second-order valence-corrected chi connectivity index (χ2v) is 2.92. The van der Waals surface area contributed by atoms with Crippen molar-refractivity contribution in [1.82, 2.24) is 0 Å². The summed E-state index contributed by atoms with van der Waals surface area (Å²) in [6.07, 6.45) is -0.690. The zero-order valence-electron chi connectivity index (χ0n) is 6.82. The number of halogens is 1. The Morgan fingerprint density at radius 1 is 1.67 bits per heavy atom. The summed E-state index contributed by atoms with van der Waals surface area (Å²) < 4.78 is 4.70. The van der Waals surface area contributed by atoms with Crippen molar-refractivity contribution in [2.75, 3.05) is 5.33 Å². The van der Waals surface area contributed by atoms with Crippen LogP contribution in [0, 0.1) is 10.1 Å². The van der Waals surface area contributed by atoms with Gasteiger partial charge in [0.05, 0.1) is 0 Å². The molecular formula is C6H10BrNO4. The largest absolute Gasteiger partial charge is 0.455 e. The molecule has 0 amide bonds. The van der Waals surface area contributed by atoms with Crippen LogP contribution in [-0.2, 0) is 9.53 Å². The number of carbonyl (C=O) groups is 1. The first-order valence-electron chi connectivity index (χ1n) is 3.38. The molecule has 0 aromatic rings. The molecule has 0 bridgehead atoms. The van der Waals surface area contributed by atoms with Crippen molar-refractivity contribution in [2.45, 2.75) is 26.0 Å². The lowest BCUT2D eigenvalue weighted by Gasteiger charge is -2.12. The Morgan fingerprint density at radius 2 is 2.17 bits per heavy atom. The van der Waals surface area contributed by atoms with Gasteiger partial charge < -0.3 is 4.74 Å². The Morgan fingerprint density at radius 3 is 2.50 bits per heavy atom. The van der Waals surface area contributed by atoms with Gasteiger partial charge in [0.25, 0.3) is 0 Å². The monoisotopic (exact) mass is 239 g/mol. The van der Waals surface area contributed by atoms with E-state index in [-0.39, 0.29) is 5.33 Å². The lowest BCUT2D eigenvalue weighted by molar-refractivity contribution is -0.528. The number of alkyl halides is 1. The smallest absolute Gasteiger partial charge is 0.317 e. The molecule has 6 heteroatoms. The molecule has 2 atom stereocenters. The Balaban J connectivity index is 3.94. The Labute approximate surface area is 78.4 Å². The number of nitrogens with zero attached hydrogens (tertiary/aromatic N) is 1. The number of rotatable bonds is 4. The van der Waals surface area contributed by atoms with Crippen molar-refractivity contribution < 1.29 is 14.5 Å². The van der Waals surface area contributed by atoms with E-state index < -0.39 is 23.0 Å². The van der Waals surface area contributed by atoms with Crippen LogP contribution in [0.25, 0.3) is 0 Å². The van der Waals surface area contributed by atoms with Gasteiger partial charge >= 0.3 is 5.97 Å². The fourth-order valence-electron chi connectivity index (χ4n) is 0.509. The van der Waals surface area contributed by atoms with Gasteiger partial charge in [0, 0.05) is 11.8 Å². The lowest BCUT2D eigenvalue weighted by Crippen LogP contribution is -2.32. The number of carbonyl (C=O) groups excluding carboxylic acids is 1. The van der Waals surface area contributed by atoms with Gasteiger partial charge in [-0.2, -0.15) is 0 Å². The molecule has 0 aliphatic carbocycles. The predicted molar refractivity (Wildman–Crippen MR) is 45.8 cm³/mol. The van der Waals surface area contributed by atoms with Crippen LogP contribution in [0.1, 0.15) is 13.8 Å². The summed E-state index contributed by atoms with van der Waals surface area (Å²) >= 11 is 2.89. The van der Waals surface area contributed by atoms with Crippen LogP contribution in [0.2, 0.25) is 0 Å². The average Bonchev–Trinajstić information content (AvgIpc) is 2.02. The number of esters is 1. The first kappa shape index (κ1) is 11.4. The first-order valence-corrected chi connectivity index (χ1v) is 4.50. The second-order valence-electron chi connectivity index (χ2n) is 2.35. The van der Waals surface area contributed by atoms with Gasteiger partial charge in [-0.05, 0) is 6.92 Å². The highest BCUT2D eigenvalue weighted by molar-refractivity contribution is 9.09. The fraction of sp³-hybridized carbons (Fsp3) is 0.833. The van der Waals surface area contributed by atoms with E-state index in [0.717, 1.165) is 0 Å². The Bertz CT molecular complexity index is 184. The van der Waals surface area contributed by atoms with Crippen molar-refractivity contribution in [3.63, 3.8) is 0 Å². The molecule has 2 unspecified atom stereocenters. The van der Waals surface area contributed by atoms with Crippen LogP contribution in [0.3, 0.4) is 0 Å². The molecular weight excluding hydrogens is 230 g/mol. The van der Waals surface area contributed by atoms with Crippen LogP contribution in [0.15, 0.2) is 0 Å². The summed E-state index contributed by atoms with van der Waals surface area (Å²) in [6.45, 7) is 2.89. The molecule has 0 aromatic heterocycles. The fourth-order valence-corrected chi connectivity index (χ4v) is 0.641. The predicted octanol–water partition coefficient (Wildman–Crippen LogP) is 0.978. The van der Waals surface area contributed by atoms with Crippen molar-refractivity contribution in [3.05, 3.63) is 10.1 Å². The molecule has 0 aromatic carbocycles. The van der Waals surface area contributed by atoms with Crippen LogP contribution >= 0.6 is 15.9 Å². The van der Waals surface area contributed by atoms with Crippen LogP contribution in [0.4, 0.5) is 0 Å². The van der Waals surface area contributed by atoms with E-state index in [9.17, 15) is 14.9 Å². The molecule has 0 spiro atoms. The summed E-state index contributed by atoms with van der Waals surface area (Å²) in [7, 11) is 0. The molecule has 70 valence electrons.